The van der Waals surface area contributed by atoms with Gasteiger partial charge in [-0.2, -0.15) is 0 Å². The smallest absolute Gasteiger partial charge is 0.251 e. The van der Waals surface area contributed by atoms with E-state index < -0.39 is 0 Å². The van der Waals surface area contributed by atoms with E-state index in [-0.39, 0.29) is 18.4 Å². The number of amides is 2. The minimum atomic E-state index is -0.375. The Morgan fingerprint density at radius 1 is 1.00 bits per heavy atom. The number of ether oxygens (including phenoxy) is 1. The van der Waals surface area contributed by atoms with Crippen molar-refractivity contribution >= 4 is 29.1 Å². The zero-order valence-electron chi connectivity index (χ0n) is 14.9. The SMILES string of the molecule is O=C(CNC(=O)c1cccc(Cl)c1)Nc1ccc(OCc2ccccc2)nc1. The molecule has 1 heterocycles. The monoisotopic (exact) mass is 395 g/mol. The van der Waals surface area contributed by atoms with Gasteiger partial charge in [0.25, 0.3) is 5.91 Å². The first-order valence-electron chi connectivity index (χ1n) is 8.56. The highest BCUT2D eigenvalue weighted by Gasteiger charge is 2.09. The van der Waals surface area contributed by atoms with Crippen LogP contribution in [0.5, 0.6) is 5.88 Å². The number of hydrogen-bond donors (Lipinski definition) is 2. The number of pyridine rings is 1. The van der Waals surface area contributed by atoms with Gasteiger partial charge in [0.05, 0.1) is 18.4 Å². The molecule has 28 heavy (non-hydrogen) atoms. The lowest BCUT2D eigenvalue weighted by atomic mass is 10.2. The standard InChI is InChI=1S/C21H18ClN3O3/c22-17-8-4-7-16(11-17)21(27)24-13-19(26)25-18-9-10-20(23-12-18)28-14-15-5-2-1-3-6-15/h1-12H,13-14H2,(H,24,27)(H,25,26). The predicted octanol–water partition coefficient (Wildman–Crippen LogP) is 3.68. The predicted molar refractivity (Wildman–Crippen MR) is 107 cm³/mol. The van der Waals surface area contributed by atoms with Crippen molar-refractivity contribution in [2.45, 2.75) is 6.61 Å². The number of nitrogens with zero attached hydrogens (tertiary/aromatic N) is 1. The van der Waals surface area contributed by atoms with E-state index in [4.69, 9.17) is 16.3 Å². The summed E-state index contributed by atoms with van der Waals surface area (Å²) in [4.78, 5) is 28.2. The maximum atomic E-state index is 12.0. The van der Waals surface area contributed by atoms with Gasteiger partial charge in [0, 0.05) is 16.7 Å². The molecule has 0 bridgehead atoms. The Hall–Kier alpha value is -3.38. The third-order valence-electron chi connectivity index (χ3n) is 3.75. The highest BCUT2D eigenvalue weighted by Crippen LogP contribution is 2.13. The number of benzene rings is 2. The lowest BCUT2D eigenvalue weighted by molar-refractivity contribution is -0.115. The Labute approximate surface area is 167 Å². The van der Waals surface area contributed by atoms with Crippen molar-refractivity contribution in [3.63, 3.8) is 0 Å². The van der Waals surface area contributed by atoms with Gasteiger partial charge in [-0.15, -0.1) is 0 Å². The molecule has 0 aliphatic carbocycles. The fourth-order valence-corrected chi connectivity index (χ4v) is 2.56. The molecule has 0 fully saturated rings. The Morgan fingerprint density at radius 2 is 1.82 bits per heavy atom. The van der Waals surface area contributed by atoms with Gasteiger partial charge in [0.15, 0.2) is 0 Å². The summed E-state index contributed by atoms with van der Waals surface area (Å²) >= 11 is 5.85. The van der Waals surface area contributed by atoms with Crippen LogP contribution in [0.2, 0.25) is 5.02 Å². The molecule has 0 spiro atoms. The van der Waals surface area contributed by atoms with Crippen LogP contribution in [0.1, 0.15) is 15.9 Å². The summed E-state index contributed by atoms with van der Waals surface area (Å²) in [7, 11) is 0. The van der Waals surface area contributed by atoms with Crippen LogP contribution in [-0.2, 0) is 11.4 Å². The van der Waals surface area contributed by atoms with E-state index in [0.29, 0.717) is 28.8 Å². The Bertz CT molecular complexity index is 947. The van der Waals surface area contributed by atoms with Gasteiger partial charge in [-0.05, 0) is 29.8 Å². The molecule has 0 aliphatic rings. The van der Waals surface area contributed by atoms with E-state index >= 15 is 0 Å². The normalized spacial score (nSPS) is 10.2. The van der Waals surface area contributed by atoms with Crippen LogP contribution in [-0.4, -0.2) is 23.3 Å². The molecule has 3 rings (SSSR count). The van der Waals surface area contributed by atoms with E-state index in [1.807, 2.05) is 30.3 Å². The zero-order chi connectivity index (χ0) is 19.8. The van der Waals surface area contributed by atoms with Crippen molar-refractivity contribution in [1.82, 2.24) is 10.3 Å². The molecule has 2 aromatic carbocycles. The van der Waals surface area contributed by atoms with Crippen LogP contribution < -0.4 is 15.4 Å². The van der Waals surface area contributed by atoms with E-state index in [1.54, 1.807) is 30.3 Å². The molecule has 6 nitrogen and oxygen atoms in total. The number of anilines is 1. The van der Waals surface area contributed by atoms with Gasteiger partial charge in [-0.3, -0.25) is 9.59 Å². The van der Waals surface area contributed by atoms with Crippen LogP contribution in [0.3, 0.4) is 0 Å². The van der Waals surface area contributed by atoms with Gasteiger partial charge in [0.2, 0.25) is 11.8 Å². The second kappa shape index (κ2) is 9.53. The molecule has 0 saturated carbocycles. The van der Waals surface area contributed by atoms with Crippen molar-refractivity contribution in [2.75, 3.05) is 11.9 Å². The molecule has 0 saturated heterocycles. The number of hydrogen-bond acceptors (Lipinski definition) is 4. The van der Waals surface area contributed by atoms with Gasteiger partial charge >= 0.3 is 0 Å². The maximum absolute atomic E-state index is 12.0. The summed E-state index contributed by atoms with van der Waals surface area (Å²) in [5.41, 5.74) is 1.94. The van der Waals surface area contributed by atoms with Crippen LogP contribution >= 0.6 is 11.6 Å². The molecular weight excluding hydrogens is 378 g/mol. The van der Waals surface area contributed by atoms with Crippen molar-refractivity contribution < 1.29 is 14.3 Å². The second-order valence-corrected chi connectivity index (χ2v) is 6.34. The number of nitrogens with one attached hydrogen (secondary N) is 2. The Balaban J connectivity index is 1.45. The lowest BCUT2D eigenvalue weighted by Gasteiger charge is -2.08. The molecule has 7 heteroatoms. The van der Waals surface area contributed by atoms with Crippen molar-refractivity contribution in [3.05, 3.63) is 89.1 Å². The summed E-state index contributed by atoms with van der Waals surface area (Å²) < 4.78 is 5.60. The molecule has 1 aromatic heterocycles. The van der Waals surface area contributed by atoms with Gasteiger partial charge in [0.1, 0.15) is 6.61 Å². The first-order chi connectivity index (χ1) is 13.6. The Morgan fingerprint density at radius 3 is 2.54 bits per heavy atom. The van der Waals surface area contributed by atoms with Gasteiger partial charge < -0.3 is 15.4 Å². The zero-order valence-corrected chi connectivity index (χ0v) is 15.6. The third-order valence-corrected chi connectivity index (χ3v) is 3.98. The molecule has 2 N–H and O–H groups in total. The quantitative estimate of drug-likeness (QED) is 0.639. The van der Waals surface area contributed by atoms with Gasteiger partial charge in [-0.1, -0.05) is 48.0 Å². The number of carbonyl (C=O) groups is 2. The average molecular weight is 396 g/mol. The highest BCUT2D eigenvalue weighted by atomic mass is 35.5. The minimum absolute atomic E-state index is 0.169. The van der Waals surface area contributed by atoms with E-state index in [2.05, 4.69) is 15.6 Å². The van der Waals surface area contributed by atoms with Crippen LogP contribution in [0.15, 0.2) is 72.9 Å². The summed E-state index contributed by atoms with van der Waals surface area (Å²) in [5.74, 6) is -0.285. The molecule has 0 atom stereocenters. The summed E-state index contributed by atoms with van der Waals surface area (Å²) in [5, 5.41) is 5.66. The summed E-state index contributed by atoms with van der Waals surface area (Å²) in [6, 6.07) is 19.6. The van der Waals surface area contributed by atoms with E-state index in [1.165, 1.54) is 12.3 Å². The van der Waals surface area contributed by atoms with E-state index in [9.17, 15) is 9.59 Å². The first kappa shape index (κ1) is 19.4. The summed E-state index contributed by atoms with van der Waals surface area (Å²) in [6.07, 6.45) is 1.50. The van der Waals surface area contributed by atoms with Crippen molar-refractivity contribution in [2.24, 2.45) is 0 Å². The molecule has 2 amide bonds. The average Bonchev–Trinajstić information content (AvgIpc) is 2.72. The van der Waals surface area contributed by atoms with Crippen LogP contribution in [0.4, 0.5) is 5.69 Å². The lowest BCUT2D eigenvalue weighted by Crippen LogP contribution is -2.32. The topological polar surface area (TPSA) is 80.3 Å². The van der Waals surface area contributed by atoms with Crippen LogP contribution in [0, 0.1) is 0 Å². The van der Waals surface area contributed by atoms with E-state index in [0.717, 1.165) is 5.56 Å². The molecule has 142 valence electrons. The number of aromatic nitrogens is 1. The molecule has 3 aromatic rings. The molecule has 0 radical (unpaired) electrons. The fourth-order valence-electron chi connectivity index (χ4n) is 2.37. The largest absolute Gasteiger partial charge is 0.473 e. The van der Waals surface area contributed by atoms with Crippen LogP contribution in [0.25, 0.3) is 0 Å². The second-order valence-electron chi connectivity index (χ2n) is 5.90. The number of carbonyl (C=O) groups excluding carboxylic acids is 2. The fraction of sp³-hybridized carbons (Fsp3) is 0.0952. The van der Waals surface area contributed by atoms with Crippen molar-refractivity contribution in [3.8, 4) is 5.88 Å². The molecule has 0 unspecified atom stereocenters. The number of rotatable bonds is 7. The molecular formula is C21H18ClN3O3. The van der Waals surface area contributed by atoms with Gasteiger partial charge in [-0.25, -0.2) is 4.98 Å². The maximum Gasteiger partial charge on any atom is 0.251 e. The number of halogens is 1. The highest BCUT2D eigenvalue weighted by molar-refractivity contribution is 6.31. The third kappa shape index (κ3) is 5.82. The minimum Gasteiger partial charge on any atom is -0.473 e. The molecule has 0 aliphatic heterocycles. The Kier molecular flexibility index (Phi) is 6.59. The first-order valence-corrected chi connectivity index (χ1v) is 8.94. The van der Waals surface area contributed by atoms with Crippen molar-refractivity contribution in [1.29, 1.82) is 0 Å². The summed E-state index contributed by atoms with van der Waals surface area (Å²) in [6.45, 7) is 0.243.